The highest BCUT2D eigenvalue weighted by atomic mass is 16.5. The van der Waals surface area contributed by atoms with E-state index in [9.17, 15) is 0 Å². The van der Waals surface area contributed by atoms with E-state index < -0.39 is 0 Å². The Hall–Kier alpha value is -0.340. The van der Waals surface area contributed by atoms with Crippen LogP contribution in [0.1, 0.15) is 52.4 Å². The van der Waals surface area contributed by atoms with Crippen LogP contribution in [-0.4, -0.2) is 26.8 Å². The van der Waals surface area contributed by atoms with Crippen LogP contribution in [0.4, 0.5) is 0 Å². The molecule has 0 heterocycles. The Kier molecular flexibility index (Phi) is 8.36. The van der Waals surface area contributed by atoms with Crippen LogP contribution >= 0.6 is 0 Å². The molecule has 106 valence electrons. The largest absolute Gasteiger partial charge is 0.383 e. The Morgan fingerprint density at radius 1 is 1.33 bits per heavy atom. The Labute approximate surface area is 113 Å². The fourth-order valence-electron chi connectivity index (χ4n) is 2.70. The van der Waals surface area contributed by atoms with Gasteiger partial charge in [-0.1, -0.05) is 51.2 Å². The van der Waals surface area contributed by atoms with Crippen LogP contribution in [0.3, 0.4) is 0 Å². The second-order valence-electron chi connectivity index (χ2n) is 5.63. The molecule has 0 saturated heterocycles. The standard InChI is InChI=1S/C16H31NO/c1-4-14(2)12-16(13-17-10-11-18-3)15-8-6-5-7-9-15/h12,14-15,17H,4-11,13H2,1-3H3/b16-12-. The Bertz CT molecular complexity index is 231. The van der Waals surface area contributed by atoms with E-state index in [4.69, 9.17) is 4.74 Å². The summed E-state index contributed by atoms with van der Waals surface area (Å²) in [5.74, 6) is 1.55. The summed E-state index contributed by atoms with van der Waals surface area (Å²) in [7, 11) is 1.76. The minimum Gasteiger partial charge on any atom is -0.383 e. The van der Waals surface area contributed by atoms with Gasteiger partial charge < -0.3 is 10.1 Å². The molecule has 18 heavy (non-hydrogen) atoms. The van der Waals surface area contributed by atoms with E-state index in [1.807, 2.05) is 0 Å². The lowest BCUT2D eigenvalue weighted by atomic mass is 9.82. The summed E-state index contributed by atoms with van der Waals surface area (Å²) >= 11 is 0. The lowest BCUT2D eigenvalue weighted by Gasteiger charge is -2.26. The van der Waals surface area contributed by atoms with Crippen LogP contribution < -0.4 is 5.32 Å². The zero-order valence-electron chi connectivity index (χ0n) is 12.5. The van der Waals surface area contributed by atoms with Crippen LogP contribution in [0, 0.1) is 11.8 Å². The summed E-state index contributed by atoms with van der Waals surface area (Å²) < 4.78 is 5.09. The van der Waals surface area contributed by atoms with Crippen LogP contribution in [0.25, 0.3) is 0 Å². The van der Waals surface area contributed by atoms with Gasteiger partial charge in [-0.2, -0.15) is 0 Å². The van der Waals surface area contributed by atoms with Crippen molar-refractivity contribution in [2.75, 3.05) is 26.8 Å². The molecule has 0 bridgehead atoms. The van der Waals surface area contributed by atoms with Gasteiger partial charge in [-0.05, 0) is 24.7 Å². The maximum absolute atomic E-state index is 5.09. The normalized spacial score (nSPS) is 20.1. The Morgan fingerprint density at radius 3 is 2.67 bits per heavy atom. The molecule has 1 unspecified atom stereocenters. The lowest BCUT2D eigenvalue weighted by Crippen LogP contribution is -2.25. The topological polar surface area (TPSA) is 21.3 Å². The van der Waals surface area contributed by atoms with Crippen molar-refractivity contribution in [3.8, 4) is 0 Å². The fourth-order valence-corrected chi connectivity index (χ4v) is 2.70. The molecule has 0 aromatic carbocycles. The number of ether oxygens (including phenoxy) is 1. The maximum atomic E-state index is 5.09. The summed E-state index contributed by atoms with van der Waals surface area (Å²) in [6.45, 7) is 7.43. The number of nitrogens with one attached hydrogen (secondary N) is 1. The van der Waals surface area contributed by atoms with Gasteiger partial charge in [0.25, 0.3) is 0 Å². The predicted octanol–water partition coefficient (Wildman–Crippen LogP) is 3.78. The SMILES string of the molecule is CCC(C)/C=C(/CNCCOC)C1CCCCC1. The number of hydrogen-bond donors (Lipinski definition) is 1. The van der Waals surface area contributed by atoms with Crippen molar-refractivity contribution in [2.45, 2.75) is 52.4 Å². The first-order chi connectivity index (χ1) is 8.77. The van der Waals surface area contributed by atoms with Crippen LogP contribution in [0.2, 0.25) is 0 Å². The zero-order valence-corrected chi connectivity index (χ0v) is 12.5. The molecule has 2 heteroatoms. The highest BCUT2D eigenvalue weighted by Gasteiger charge is 2.17. The minimum atomic E-state index is 0.714. The van der Waals surface area contributed by atoms with Crippen molar-refractivity contribution in [1.29, 1.82) is 0 Å². The van der Waals surface area contributed by atoms with Crippen molar-refractivity contribution < 1.29 is 4.74 Å². The first kappa shape index (κ1) is 15.7. The van der Waals surface area contributed by atoms with Gasteiger partial charge in [0, 0.05) is 20.2 Å². The van der Waals surface area contributed by atoms with Crippen molar-refractivity contribution in [1.82, 2.24) is 5.32 Å². The molecule has 0 aliphatic heterocycles. The lowest BCUT2D eigenvalue weighted by molar-refractivity contribution is 0.200. The van der Waals surface area contributed by atoms with Crippen LogP contribution in [0.15, 0.2) is 11.6 Å². The summed E-state index contributed by atoms with van der Waals surface area (Å²) in [6, 6.07) is 0. The first-order valence-electron chi connectivity index (χ1n) is 7.68. The molecular weight excluding hydrogens is 222 g/mol. The van der Waals surface area contributed by atoms with Gasteiger partial charge in [0.2, 0.25) is 0 Å². The smallest absolute Gasteiger partial charge is 0.0587 e. The summed E-state index contributed by atoms with van der Waals surface area (Å²) in [5, 5.41) is 3.52. The van der Waals surface area contributed by atoms with Gasteiger partial charge in [0.05, 0.1) is 6.61 Å². The second kappa shape index (κ2) is 9.57. The van der Waals surface area contributed by atoms with Crippen molar-refractivity contribution in [3.63, 3.8) is 0 Å². The molecule has 1 rings (SSSR count). The number of allylic oxidation sites excluding steroid dienone is 1. The molecule has 0 amide bonds. The Morgan fingerprint density at radius 2 is 2.06 bits per heavy atom. The van der Waals surface area contributed by atoms with Crippen molar-refractivity contribution in [2.24, 2.45) is 11.8 Å². The van der Waals surface area contributed by atoms with Gasteiger partial charge in [-0.15, -0.1) is 0 Å². The molecule has 0 aromatic heterocycles. The molecule has 0 aromatic rings. The highest BCUT2D eigenvalue weighted by molar-refractivity contribution is 5.11. The zero-order chi connectivity index (χ0) is 13.2. The molecular formula is C16H31NO. The van der Waals surface area contributed by atoms with E-state index >= 15 is 0 Å². The minimum absolute atomic E-state index is 0.714. The predicted molar refractivity (Wildman–Crippen MR) is 78.9 cm³/mol. The maximum Gasteiger partial charge on any atom is 0.0587 e. The molecule has 1 fully saturated rings. The van der Waals surface area contributed by atoms with Crippen molar-refractivity contribution >= 4 is 0 Å². The molecule has 0 spiro atoms. The van der Waals surface area contributed by atoms with Gasteiger partial charge in [0.15, 0.2) is 0 Å². The second-order valence-corrected chi connectivity index (χ2v) is 5.63. The molecule has 1 N–H and O–H groups in total. The molecule has 1 aliphatic carbocycles. The summed E-state index contributed by atoms with van der Waals surface area (Å²) in [5.41, 5.74) is 1.65. The van der Waals surface area contributed by atoms with E-state index in [0.29, 0.717) is 5.92 Å². The average molecular weight is 253 g/mol. The molecule has 0 radical (unpaired) electrons. The van der Waals surface area contributed by atoms with Crippen LogP contribution in [-0.2, 0) is 4.74 Å². The van der Waals surface area contributed by atoms with E-state index in [1.165, 1.54) is 38.5 Å². The van der Waals surface area contributed by atoms with Crippen LogP contribution in [0.5, 0.6) is 0 Å². The number of methoxy groups -OCH3 is 1. The first-order valence-corrected chi connectivity index (χ1v) is 7.68. The van der Waals surface area contributed by atoms with Gasteiger partial charge >= 0.3 is 0 Å². The van der Waals surface area contributed by atoms with Crippen molar-refractivity contribution in [3.05, 3.63) is 11.6 Å². The van der Waals surface area contributed by atoms with E-state index in [-0.39, 0.29) is 0 Å². The monoisotopic (exact) mass is 253 g/mol. The molecule has 1 atom stereocenters. The fraction of sp³-hybridized carbons (Fsp3) is 0.875. The van der Waals surface area contributed by atoms with Gasteiger partial charge in [-0.3, -0.25) is 0 Å². The van der Waals surface area contributed by atoms with E-state index in [2.05, 4.69) is 25.2 Å². The molecule has 2 nitrogen and oxygen atoms in total. The average Bonchev–Trinajstić information content (AvgIpc) is 2.43. The molecule has 1 saturated carbocycles. The third-order valence-corrected chi connectivity index (χ3v) is 4.08. The summed E-state index contributed by atoms with van der Waals surface area (Å²) in [6.07, 6.45) is 10.8. The Balaban J connectivity index is 2.48. The quantitative estimate of drug-likeness (QED) is 0.525. The third kappa shape index (κ3) is 6.01. The molecule has 1 aliphatic rings. The number of hydrogen-bond acceptors (Lipinski definition) is 2. The van der Waals surface area contributed by atoms with Gasteiger partial charge in [0.1, 0.15) is 0 Å². The van der Waals surface area contributed by atoms with E-state index in [0.717, 1.165) is 25.6 Å². The summed E-state index contributed by atoms with van der Waals surface area (Å²) in [4.78, 5) is 0. The van der Waals surface area contributed by atoms with E-state index in [1.54, 1.807) is 12.7 Å². The number of rotatable bonds is 8. The van der Waals surface area contributed by atoms with Gasteiger partial charge in [-0.25, -0.2) is 0 Å². The highest BCUT2D eigenvalue weighted by Crippen LogP contribution is 2.30. The third-order valence-electron chi connectivity index (χ3n) is 4.08.